The Labute approximate surface area is 335 Å². The van der Waals surface area contributed by atoms with Crippen LogP contribution in [0.3, 0.4) is 0 Å². The molecule has 13 nitrogen and oxygen atoms in total. The first-order valence-electron chi connectivity index (χ1n) is 17.7. The summed E-state index contributed by atoms with van der Waals surface area (Å²) in [4.78, 5) is 61.7. The number of hydrogen-bond acceptors (Lipinski definition) is 11. The first-order valence-corrected chi connectivity index (χ1v) is 19.4. The summed E-state index contributed by atoms with van der Waals surface area (Å²) in [5, 5.41) is 0.634. The van der Waals surface area contributed by atoms with Gasteiger partial charge in [0.15, 0.2) is 5.78 Å². The second kappa shape index (κ2) is 14.7. The van der Waals surface area contributed by atoms with Crippen molar-refractivity contribution < 1.29 is 42.2 Å². The number of imidazole rings is 2. The summed E-state index contributed by atoms with van der Waals surface area (Å²) < 4.78 is 51.8. The first-order chi connectivity index (χ1) is 27.9. The molecule has 294 valence electrons. The number of carbonyl (C=O) groups is 4. The van der Waals surface area contributed by atoms with Crippen LogP contribution in [0, 0.1) is 11.6 Å². The fourth-order valence-electron chi connectivity index (χ4n) is 7.24. The van der Waals surface area contributed by atoms with Gasteiger partial charge in [-0.3, -0.25) is 14.4 Å². The molecule has 0 bridgehead atoms. The van der Waals surface area contributed by atoms with E-state index in [0.29, 0.717) is 44.2 Å². The number of halogens is 2. The van der Waals surface area contributed by atoms with Crippen LogP contribution in [0.5, 0.6) is 11.5 Å². The molecule has 0 unspecified atom stereocenters. The molecule has 58 heavy (non-hydrogen) atoms. The third-order valence-corrected chi connectivity index (χ3v) is 12.3. The number of thiophene rings is 2. The number of aryl methyl sites for hydroxylation is 2. The number of esters is 1. The predicted molar refractivity (Wildman–Crippen MR) is 217 cm³/mol. The molecule has 4 heterocycles. The Kier molecular flexibility index (Phi) is 9.64. The number of benzene rings is 4. The van der Waals surface area contributed by atoms with E-state index in [2.05, 4.69) is 0 Å². The summed E-state index contributed by atoms with van der Waals surface area (Å²) in [6, 6.07) is 15.0. The summed E-state index contributed by atoms with van der Waals surface area (Å²) in [7, 11) is 2.87. The molecule has 8 rings (SSSR count). The molecule has 8 aromatic rings. The van der Waals surface area contributed by atoms with Crippen LogP contribution in [-0.4, -0.2) is 63.5 Å². The predicted octanol–water partition coefficient (Wildman–Crippen LogP) is 7.72. The number of rotatable bonds is 12. The smallest absolute Gasteiger partial charge is 0.349 e. The number of ketones is 1. The summed E-state index contributed by atoms with van der Waals surface area (Å²) in [6.45, 7) is 3.28. The van der Waals surface area contributed by atoms with Crippen molar-refractivity contribution in [3.8, 4) is 34.3 Å². The Morgan fingerprint density at radius 2 is 1.14 bits per heavy atom. The van der Waals surface area contributed by atoms with Gasteiger partial charge in [0, 0.05) is 35.0 Å². The van der Waals surface area contributed by atoms with Crippen molar-refractivity contribution in [1.82, 2.24) is 19.1 Å². The highest BCUT2D eigenvalue weighted by Crippen LogP contribution is 2.47. The summed E-state index contributed by atoms with van der Waals surface area (Å²) in [6.07, 6.45) is 0. The molecule has 4 aromatic carbocycles. The van der Waals surface area contributed by atoms with E-state index in [1.807, 2.05) is 4.57 Å². The van der Waals surface area contributed by atoms with Crippen LogP contribution in [0.1, 0.15) is 53.9 Å². The van der Waals surface area contributed by atoms with Gasteiger partial charge in [0.2, 0.25) is 11.8 Å². The average molecular weight is 823 g/mol. The third-order valence-electron chi connectivity index (χ3n) is 9.79. The number of primary amides is 2. The van der Waals surface area contributed by atoms with Gasteiger partial charge in [-0.25, -0.2) is 23.5 Å². The highest BCUT2D eigenvalue weighted by molar-refractivity contribution is 7.22. The van der Waals surface area contributed by atoms with Crippen molar-refractivity contribution in [2.75, 3.05) is 20.8 Å². The molecule has 0 saturated carbocycles. The maximum absolute atomic E-state index is 15.6. The number of fused-ring (bicyclic) bond motifs is 4. The van der Waals surface area contributed by atoms with E-state index < -0.39 is 29.4 Å². The summed E-state index contributed by atoms with van der Waals surface area (Å²) in [5.41, 5.74) is 14.0. The van der Waals surface area contributed by atoms with Gasteiger partial charge in [-0.2, -0.15) is 0 Å². The van der Waals surface area contributed by atoms with Crippen LogP contribution in [0.25, 0.3) is 65.0 Å². The molecule has 0 saturated heterocycles. The molecule has 0 atom stereocenters. The maximum Gasteiger partial charge on any atom is 0.349 e. The van der Waals surface area contributed by atoms with Crippen LogP contribution in [0.15, 0.2) is 60.7 Å². The van der Waals surface area contributed by atoms with Crippen LogP contribution < -0.4 is 20.9 Å². The first kappa shape index (κ1) is 38.2. The molecule has 4 N–H and O–H groups in total. The maximum atomic E-state index is 15.6. The average Bonchev–Trinajstić information content (AvgIpc) is 3.98. The highest BCUT2D eigenvalue weighted by Gasteiger charge is 2.31. The van der Waals surface area contributed by atoms with Crippen molar-refractivity contribution in [2.45, 2.75) is 26.9 Å². The number of Topliss-reactive ketones (excluding diaryl/α,β-unsaturated/α-hetero) is 1. The van der Waals surface area contributed by atoms with E-state index in [1.165, 1.54) is 57.5 Å². The second-order valence-corrected chi connectivity index (χ2v) is 15.1. The molecule has 0 radical (unpaired) electrons. The quantitative estimate of drug-likeness (QED) is 0.0920. The number of nitrogens with zero attached hydrogens (tertiary/aromatic N) is 4. The number of hydrogen-bond donors (Lipinski definition) is 2. The number of ether oxygens (including phenoxy) is 3. The zero-order valence-corrected chi connectivity index (χ0v) is 32.9. The fourth-order valence-corrected chi connectivity index (χ4v) is 9.47. The van der Waals surface area contributed by atoms with E-state index in [1.54, 1.807) is 35.8 Å². The summed E-state index contributed by atoms with van der Waals surface area (Å²) >= 11 is 1.87. The Bertz CT molecular complexity index is 3060. The van der Waals surface area contributed by atoms with Gasteiger partial charge in [0.1, 0.15) is 39.7 Å². The van der Waals surface area contributed by atoms with Crippen molar-refractivity contribution in [2.24, 2.45) is 11.5 Å². The zero-order valence-electron chi connectivity index (χ0n) is 31.3. The van der Waals surface area contributed by atoms with Crippen LogP contribution >= 0.6 is 22.7 Å². The molecule has 0 aliphatic rings. The number of carbonyl (C=O) groups excluding carboxylic acids is 4. The Morgan fingerprint density at radius 3 is 1.55 bits per heavy atom. The molecule has 0 fully saturated rings. The molecule has 2 amide bonds. The highest BCUT2D eigenvalue weighted by atomic mass is 32.1. The molecule has 4 aromatic heterocycles. The molecule has 0 aliphatic heterocycles. The number of nitrogens with two attached hydrogens (primary N) is 2. The minimum Gasteiger partial charge on any atom is -0.496 e. The number of methoxy groups -OCH3 is 2. The van der Waals surface area contributed by atoms with E-state index >= 15 is 8.78 Å². The van der Waals surface area contributed by atoms with Gasteiger partial charge in [0.05, 0.1) is 68.3 Å². The van der Waals surface area contributed by atoms with Gasteiger partial charge in [-0.1, -0.05) is 0 Å². The zero-order chi connectivity index (χ0) is 41.2. The summed E-state index contributed by atoms with van der Waals surface area (Å²) in [5.74, 6) is -2.43. The van der Waals surface area contributed by atoms with Crippen molar-refractivity contribution in [3.05, 3.63) is 93.2 Å². The molecular weight excluding hydrogens is 791 g/mol. The monoisotopic (exact) mass is 822 g/mol. The van der Waals surface area contributed by atoms with Gasteiger partial charge < -0.3 is 34.8 Å². The van der Waals surface area contributed by atoms with Gasteiger partial charge in [0.25, 0.3) is 0 Å². The Balaban J connectivity index is 1.41. The van der Waals surface area contributed by atoms with Crippen LogP contribution in [0.2, 0.25) is 0 Å². The second-order valence-electron chi connectivity index (χ2n) is 13.1. The third kappa shape index (κ3) is 6.10. The van der Waals surface area contributed by atoms with Crippen molar-refractivity contribution >= 4 is 88.5 Å². The molecule has 0 aliphatic carbocycles. The molecule has 17 heteroatoms. The standard InChI is InChI=1S/C41H32F2N6O7S2/c1-5-56-41(53)36-32(30-28(55-4)13-9-22(43)35(30)58-36)40-47-24-17-20(38(45)52)7-11-26(24)49(40)15-14-48-25-10-6-19(37(44)51)16-23(25)46-39(48)31-29-27(54-3)12-8-21(42)34(29)57-33(31)18(2)50/h6-13,16-17H,5,14-15H2,1-4H3,(H2,44,51)(H2,45,52). The fraction of sp³-hybridized carbons (Fsp3) is 0.171. The Hall–Kier alpha value is -6.72. The lowest BCUT2D eigenvalue weighted by molar-refractivity contribution is 0.0532. The number of amides is 2. The van der Waals surface area contributed by atoms with Gasteiger partial charge in [-0.05, 0) is 74.5 Å². The van der Waals surface area contributed by atoms with Crippen molar-refractivity contribution in [3.63, 3.8) is 0 Å². The lowest BCUT2D eigenvalue weighted by Crippen LogP contribution is -2.12. The van der Waals surface area contributed by atoms with E-state index in [4.69, 9.17) is 35.6 Å². The number of aromatic nitrogens is 4. The van der Waals surface area contributed by atoms with E-state index in [-0.39, 0.29) is 78.7 Å². The SMILES string of the molecule is CCOC(=O)c1sc2c(F)ccc(OC)c2c1-c1nc2cc(C(N)=O)ccc2n1CCn1c(-c2c(C(C)=O)sc3c(F)ccc(OC)c23)nc2cc(C(N)=O)ccc21. The normalized spacial score (nSPS) is 11.6. The molecule has 0 spiro atoms. The Morgan fingerprint density at radius 1 is 0.690 bits per heavy atom. The van der Waals surface area contributed by atoms with Gasteiger partial charge >= 0.3 is 5.97 Å². The lowest BCUT2D eigenvalue weighted by atomic mass is 10.1. The van der Waals surface area contributed by atoms with Crippen LogP contribution in [0.4, 0.5) is 8.78 Å². The topological polar surface area (TPSA) is 184 Å². The van der Waals surface area contributed by atoms with Gasteiger partial charge in [-0.15, -0.1) is 22.7 Å². The lowest BCUT2D eigenvalue weighted by Gasteiger charge is -2.15. The van der Waals surface area contributed by atoms with Crippen LogP contribution in [-0.2, 0) is 17.8 Å². The van der Waals surface area contributed by atoms with E-state index in [0.717, 1.165) is 22.7 Å². The largest absolute Gasteiger partial charge is 0.496 e. The van der Waals surface area contributed by atoms with Crippen molar-refractivity contribution in [1.29, 1.82) is 0 Å². The van der Waals surface area contributed by atoms with E-state index in [9.17, 15) is 19.2 Å². The minimum absolute atomic E-state index is 0.0483. The molecular formula is C41H32F2N6O7S2. The minimum atomic E-state index is -0.702.